The quantitative estimate of drug-likeness (QED) is 0.827. The van der Waals surface area contributed by atoms with Crippen molar-refractivity contribution in [1.82, 2.24) is 0 Å². The first-order valence-electron chi connectivity index (χ1n) is 4.47. The van der Waals surface area contributed by atoms with Crippen LogP contribution in [0.3, 0.4) is 0 Å². The molecule has 2 rings (SSSR count). The fourth-order valence-electron chi connectivity index (χ4n) is 1.32. The van der Waals surface area contributed by atoms with Gasteiger partial charge in [-0.25, -0.2) is 0 Å². The summed E-state index contributed by atoms with van der Waals surface area (Å²) >= 11 is 3.28. The van der Waals surface area contributed by atoms with Crippen molar-refractivity contribution in [2.45, 2.75) is 20.0 Å². The molecule has 0 saturated carbocycles. The molecule has 2 aromatic heterocycles. The van der Waals surface area contributed by atoms with Gasteiger partial charge < -0.3 is 5.11 Å². The number of thiophene rings is 2. The van der Waals surface area contributed by atoms with E-state index in [9.17, 15) is 5.11 Å². The Morgan fingerprint density at radius 3 is 2.57 bits per heavy atom. The van der Waals surface area contributed by atoms with Gasteiger partial charge in [-0.05, 0) is 36.9 Å². The largest absolute Gasteiger partial charge is 0.382 e. The number of aliphatic hydroxyl groups is 1. The molecule has 0 bridgehead atoms. The van der Waals surface area contributed by atoms with Crippen molar-refractivity contribution in [1.29, 1.82) is 0 Å². The Hall–Kier alpha value is -0.640. The monoisotopic (exact) mass is 224 g/mol. The predicted molar refractivity (Wildman–Crippen MR) is 62.2 cm³/mol. The third-order valence-corrected chi connectivity index (χ3v) is 4.40. The molecule has 0 radical (unpaired) electrons. The summed E-state index contributed by atoms with van der Waals surface area (Å²) in [6, 6.07) is 6.01. The van der Waals surface area contributed by atoms with Crippen LogP contribution in [0.4, 0.5) is 0 Å². The zero-order chi connectivity index (χ0) is 10.1. The highest BCUT2D eigenvalue weighted by Gasteiger charge is 2.14. The fourth-order valence-corrected chi connectivity index (χ4v) is 3.17. The van der Waals surface area contributed by atoms with Crippen molar-refractivity contribution in [3.05, 3.63) is 43.8 Å². The lowest BCUT2D eigenvalue weighted by atomic mass is 10.2. The zero-order valence-corrected chi connectivity index (χ0v) is 9.78. The number of hydrogen-bond acceptors (Lipinski definition) is 3. The van der Waals surface area contributed by atoms with Gasteiger partial charge in [-0.1, -0.05) is 6.07 Å². The molecule has 0 saturated heterocycles. The van der Waals surface area contributed by atoms with Crippen molar-refractivity contribution < 1.29 is 5.11 Å². The van der Waals surface area contributed by atoms with E-state index in [1.807, 2.05) is 17.5 Å². The molecule has 0 amide bonds. The maximum atomic E-state index is 10.0. The standard InChI is InChI=1S/C11H12OS2/c1-7-6-10(14-8(7)2)11(12)9-4-3-5-13-9/h3-6,11-12H,1-2H3. The van der Waals surface area contributed by atoms with Crippen molar-refractivity contribution in [2.75, 3.05) is 0 Å². The Bertz CT molecular complexity index is 395. The van der Waals surface area contributed by atoms with E-state index in [1.165, 1.54) is 10.4 Å². The summed E-state index contributed by atoms with van der Waals surface area (Å²) in [7, 11) is 0. The molecule has 1 nitrogen and oxygen atoms in total. The lowest BCUT2D eigenvalue weighted by molar-refractivity contribution is 0.228. The van der Waals surface area contributed by atoms with Crippen molar-refractivity contribution in [2.24, 2.45) is 0 Å². The van der Waals surface area contributed by atoms with Gasteiger partial charge in [0.1, 0.15) is 6.10 Å². The van der Waals surface area contributed by atoms with E-state index in [4.69, 9.17) is 0 Å². The van der Waals surface area contributed by atoms with Gasteiger partial charge in [0, 0.05) is 14.6 Å². The summed E-state index contributed by atoms with van der Waals surface area (Å²) in [6.07, 6.45) is -0.438. The first-order chi connectivity index (χ1) is 6.68. The molecule has 3 heteroatoms. The Balaban J connectivity index is 2.32. The average Bonchev–Trinajstić information content (AvgIpc) is 2.76. The molecule has 1 N–H and O–H groups in total. The summed E-state index contributed by atoms with van der Waals surface area (Å²) in [5.74, 6) is 0. The van der Waals surface area contributed by atoms with Gasteiger partial charge in [-0.2, -0.15) is 0 Å². The van der Waals surface area contributed by atoms with Gasteiger partial charge in [0.15, 0.2) is 0 Å². The molecule has 0 aliphatic heterocycles. The Morgan fingerprint density at radius 2 is 2.07 bits per heavy atom. The smallest absolute Gasteiger partial charge is 0.122 e. The molecule has 14 heavy (non-hydrogen) atoms. The van der Waals surface area contributed by atoms with Crippen LogP contribution in [0.25, 0.3) is 0 Å². The lowest BCUT2D eigenvalue weighted by Crippen LogP contribution is -1.92. The second kappa shape index (κ2) is 3.85. The highest BCUT2D eigenvalue weighted by Crippen LogP contribution is 2.32. The molecular formula is C11H12OS2. The SMILES string of the molecule is Cc1cc(C(O)c2cccs2)sc1C. The summed E-state index contributed by atoms with van der Waals surface area (Å²) in [5.41, 5.74) is 1.26. The van der Waals surface area contributed by atoms with E-state index in [2.05, 4.69) is 19.9 Å². The van der Waals surface area contributed by atoms with Crippen LogP contribution >= 0.6 is 22.7 Å². The van der Waals surface area contributed by atoms with Gasteiger partial charge in [0.05, 0.1) is 0 Å². The van der Waals surface area contributed by atoms with Crippen molar-refractivity contribution >= 4 is 22.7 Å². The summed E-state index contributed by atoms with van der Waals surface area (Å²) in [4.78, 5) is 3.35. The number of aryl methyl sites for hydroxylation is 2. The van der Waals surface area contributed by atoms with Crippen LogP contribution in [0.15, 0.2) is 23.6 Å². The van der Waals surface area contributed by atoms with Gasteiger partial charge in [-0.15, -0.1) is 22.7 Å². The highest BCUT2D eigenvalue weighted by molar-refractivity contribution is 7.13. The molecule has 74 valence electrons. The molecule has 2 aromatic rings. The molecule has 0 fully saturated rings. The van der Waals surface area contributed by atoms with Crippen LogP contribution in [0.5, 0.6) is 0 Å². The fraction of sp³-hybridized carbons (Fsp3) is 0.273. The minimum absolute atomic E-state index is 0.438. The van der Waals surface area contributed by atoms with E-state index in [1.54, 1.807) is 22.7 Å². The van der Waals surface area contributed by atoms with E-state index < -0.39 is 6.10 Å². The first kappa shape index (κ1) is 9.90. The first-order valence-corrected chi connectivity index (χ1v) is 6.16. The molecule has 1 atom stereocenters. The van der Waals surface area contributed by atoms with Gasteiger partial charge in [-0.3, -0.25) is 0 Å². The van der Waals surface area contributed by atoms with Crippen LogP contribution in [0, 0.1) is 13.8 Å². The van der Waals surface area contributed by atoms with Crippen molar-refractivity contribution in [3.63, 3.8) is 0 Å². The number of rotatable bonds is 2. The number of hydrogen-bond donors (Lipinski definition) is 1. The second-order valence-electron chi connectivity index (χ2n) is 3.31. The maximum Gasteiger partial charge on any atom is 0.122 e. The molecule has 0 aliphatic rings. The molecule has 2 heterocycles. The van der Waals surface area contributed by atoms with E-state index in [-0.39, 0.29) is 0 Å². The van der Waals surface area contributed by atoms with Crippen LogP contribution in [-0.4, -0.2) is 5.11 Å². The third-order valence-electron chi connectivity index (χ3n) is 2.27. The van der Waals surface area contributed by atoms with Gasteiger partial charge >= 0.3 is 0 Å². The minimum atomic E-state index is -0.438. The third kappa shape index (κ3) is 1.75. The topological polar surface area (TPSA) is 20.2 Å². The van der Waals surface area contributed by atoms with Crippen LogP contribution in [0.2, 0.25) is 0 Å². The van der Waals surface area contributed by atoms with Gasteiger partial charge in [0.2, 0.25) is 0 Å². The van der Waals surface area contributed by atoms with Crippen LogP contribution < -0.4 is 0 Å². The van der Waals surface area contributed by atoms with Gasteiger partial charge in [0.25, 0.3) is 0 Å². The van der Waals surface area contributed by atoms with E-state index >= 15 is 0 Å². The highest BCUT2D eigenvalue weighted by atomic mass is 32.1. The molecule has 0 spiro atoms. The maximum absolute atomic E-state index is 10.0. The molecule has 1 unspecified atom stereocenters. The van der Waals surface area contributed by atoms with Crippen molar-refractivity contribution in [3.8, 4) is 0 Å². The molecular weight excluding hydrogens is 212 g/mol. The van der Waals surface area contributed by atoms with Crippen LogP contribution in [-0.2, 0) is 0 Å². The Morgan fingerprint density at radius 1 is 1.29 bits per heavy atom. The molecule has 0 aromatic carbocycles. The zero-order valence-electron chi connectivity index (χ0n) is 8.15. The summed E-state index contributed by atoms with van der Waals surface area (Å²) in [5, 5.41) is 12.0. The average molecular weight is 224 g/mol. The molecule has 0 aliphatic carbocycles. The summed E-state index contributed by atoms with van der Waals surface area (Å²) < 4.78 is 0. The predicted octanol–water partition coefficient (Wildman–Crippen LogP) is 3.51. The lowest BCUT2D eigenvalue weighted by Gasteiger charge is -2.04. The van der Waals surface area contributed by atoms with E-state index in [0.717, 1.165) is 9.75 Å². The Labute approximate surface area is 91.7 Å². The normalized spacial score (nSPS) is 13.1. The van der Waals surface area contributed by atoms with E-state index in [0.29, 0.717) is 0 Å². The summed E-state index contributed by atoms with van der Waals surface area (Å²) in [6.45, 7) is 4.17. The van der Waals surface area contributed by atoms with Crippen LogP contribution in [0.1, 0.15) is 26.3 Å². The minimum Gasteiger partial charge on any atom is -0.382 e. The second-order valence-corrected chi connectivity index (χ2v) is 5.57. The number of aliphatic hydroxyl groups excluding tert-OH is 1. The Kier molecular flexibility index (Phi) is 2.72.